The van der Waals surface area contributed by atoms with Crippen LogP contribution < -0.4 is 11.3 Å². The zero-order valence-electron chi connectivity index (χ0n) is 9.46. The van der Waals surface area contributed by atoms with Crippen molar-refractivity contribution in [1.29, 1.82) is 0 Å². The van der Waals surface area contributed by atoms with Crippen LogP contribution >= 0.6 is 11.3 Å². The molecule has 1 aliphatic carbocycles. The molecule has 1 unspecified atom stereocenters. The van der Waals surface area contributed by atoms with Crippen LogP contribution in [0.2, 0.25) is 0 Å². The number of terminal acetylenes is 1. The highest BCUT2D eigenvalue weighted by atomic mass is 32.1. The summed E-state index contributed by atoms with van der Waals surface area (Å²) in [5.74, 6) is 8.28. The standard InChI is InChI=1S/C13H18N2S/c1-2-3-4-7-11(15-14)13-9-10-6-5-8-12(10)16-13/h1,9,11,15H,3-8,14H2. The zero-order valence-corrected chi connectivity index (χ0v) is 10.3. The van der Waals surface area contributed by atoms with Crippen LogP contribution in [-0.4, -0.2) is 0 Å². The third-order valence-corrected chi connectivity index (χ3v) is 4.47. The fraction of sp³-hybridized carbons (Fsp3) is 0.538. The molecule has 1 aliphatic rings. The minimum atomic E-state index is 0.281. The first kappa shape index (κ1) is 11.7. The second-order valence-electron chi connectivity index (χ2n) is 4.27. The molecule has 3 heteroatoms. The van der Waals surface area contributed by atoms with Gasteiger partial charge in [0.25, 0.3) is 0 Å². The molecular weight excluding hydrogens is 216 g/mol. The molecular formula is C13H18N2S. The summed E-state index contributed by atoms with van der Waals surface area (Å²) in [5.41, 5.74) is 4.45. The van der Waals surface area contributed by atoms with E-state index >= 15 is 0 Å². The average molecular weight is 234 g/mol. The maximum absolute atomic E-state index is 5.61. The fourth-order valence-corrected chi connectivity index (χ4v) is 3.59. The Morgan fingerprint density at radius 1 is 1.56 bits per heavy atom. The number of thiophene rings is 1. The van der Waals surface area contributed by atoms with E-state index in [9.17, 15) is 0 Å². The minimum Gasteiger partial charge on any atom is -0.271 e. The van der Waals surface area contributed by atoms with Gasteiger partial charge >= 0.3 is 0 Å². The summed E-state index contributed by atoms with van der Waals surface area (Å²) >= 11 is 1.92. The summed E-state index contributed by atoms with van der Waals surface area (Å²) < 4.78 is 0. The predicted octanol–water partition coefficient (Wildman–Crippen LogP) is 2.54. The Labute approximate surface area is 101 Å². The fourth-order valence-electron chi connectivity index (χ4n) is 2.24. The van der Waals surface area contributed by atoms with E-state index in [1.807, 2.05) is 11.3 Å². The Bertz CT molecular complexity index is 368. The predicted molar refractivity (Wildman–Crippen MR) is 69.1 cm³/mol. The highest BCUT2D eigenvalue weighted by Gasteiger charge is 2.19. The van der Waals surface area contributed by atoms with Gasteiger partial charge in [-0.3, -0.25) is 11.3 Å². The van der Waals surface area contributed by atoms with Crippen molar-refractivity contribution in [3.05, 3.63) is 21.4 Å². The number of aryl methyl sites for hydroxylation is 2. The summed E-state index contributed by atoms with van der Waals surface area (Å²) in [6.45, 7) is 0. The lowest BCUT2D eigenvalue weighted by Gasteiger charge is -2.13. The van der Waals surface area contributed by atoms with Crippen molar-refractivity contribution in [1.82, 2.24) is 5.43 Å². The smallest absolute Gasteiger partial charge is 0.0553 e. The van der Waals surface area contributed by atoms with E-state index in [0.717, 1.165) is 19.3 Å². The van der Waals surface area contributed by atoms with Crippen LogP contribution in [0, 0.1) is 12.3 Å². The van der Waals surface area contributed by atoms with E-state index < -0.39 is 0 Å². The van der Waals surface area contributed by atoms with Gasteiger partial charge in [0, 0.05) is 16.2 Å². The van der Waals surface area contributed by atoms with Gasteiger partial charge in [0.05, 0.1) is 6.04 Å². The number of hydrazine groups is 1. The van der Waals surface area contributed by atoms with Gasteiger partial charge in [-0.05, 0) is 43.7 Å². The molecule has 3 N–H and O–H groups in total. The topological polar surface area (TPSA) is 38.0 Å². The van der Waals surface area contributed by atoms with Crippen LogP contribution in [0.15, 0.2) is 6.07 Å². The van der Waals surface area contributed by atoms with Gasteiger partial charge in [0.2, 0.25) is 0 Å². The largest absolute Gasteiger partial charge is 0.271 e. The number of hydrogen-bond acceptors (Lipinski definition) is 3. The summed E-state index contributed by atoms with van der Waals surface area (Å²) in [7, 11) is 0. The number of hydrogen-bond donors (Lipinski definition) is 2. The summed E-state index contributed by atoms with van der Waals surface area (Å²) in [6.07, 6.45) is 12.0. The van der Waals surface area contributed by atoms with Crippen LogP contribution in [0.4, 0.5) is 0 Å². The molecule has 0 bridgehead atoms. The van der Waals surface area contributed by atoms with E-state index in [1.165, 1.54) is 29.7 Å². The van der Waals surface area contributed by atoms with Crippen LogP contribution in [-0.2, 0) is 12.8 Å². The maximum atomic E-state index is 5.61. The van der Waals surface area contributed by atoms with Crippen molar-refractivity contribution in [3.63, 3.8) is 0 Å². The van der Waals surface area contributed by atoms with E-state index in [-0.39, 0.29) is 6.04 Å². The first-order valence-corrected chi connectivity index (χ1v) is 6.68. The second-order valence-corrected chi connectivity index (χ2v) is 5.43. The van der Waals surface area contributed by atoms with Crippen molar-refractivity contribution in [2.45, 2.75) is 44.6 Å². The molecule has 0 aromatic carbocycles. The monoisotopic (exact) mass is 234 g/mol. The molecule has 1 aromatic rings. The molecule has 1 heterocycles. The molecule has 2 nitrogen and oxygen atoms in total. The van der Waals surface area contributed by atoms with Gasteiger partial charge in [-0.25, -0.2) is 0 Å². The minimum absolute atomic E-state index is 0.281. The third kappa shape index (κ3) is 2.46. The molecule has 86 valence electrons. The molecule has 0 amide bonds. The van der Waals surface area contributed by atoms with Crippen molar-refractivity contribution < 1.29 is 0 Å². The van der Waals surface area contributed by atoms with Gasteiger partial charge in [0.15, 0.2) is 0 Å². The molecule has 1 aromatic heterocycles. The lowest BCUT2D eigenvalue weighted by molar-refractivity contribution is 0.509. The normalized spacial score (nSPS) is 15.8. The van der Waals surface area contributed by atoms with E-state index in [2.05, 4.69) is 17.4 Å². The van der Waals surface area contributed by atoms with Gasteiger partial charge in [-0.1, -0.05) is 0 Å². The quantitative estimate of drug-likeness (QED) is 0.355. The molecule has 0 radical (unpaired) electrons. The zero-order chi connectivity index (χ0) is 11.4. The molecule has 0 saturated carbocycles. The summed E-state index contributed by atoms with van der Waals surface area (Å²) in [4.78, 5) is 2.94. The molecule has 2 rings (SSSR count). The molecule has 0 aliphatic heterocycles. The summed E-state index contributed by atoms with van der Waals surface area (Å²) in [5, 5.41) is 0. The number of nitrogens with two attached hydrogens (primary N) is 1. The number of nitrogens with one attached hydrogen (secondary N) is 1. The second kappa shape index (κ2) is 5.49. The maximum Gasteiger partial charge on any atom is 0.0553 e. The molecule has 1 atom stereocenters. The first-order chi connectivity index (χ1) is 7.85. The number of fused-ring (bicyclic) bond motifs is 1. The Morgan fingerprint density at radius 3 is 3.12 bits per heavy atom. The van der Waals surface area contributed by atoms with Gasteiger partial charge in [-0.15, -0.1) is 23.7 Å². The van der Waals surface area contributed by atoms with Crippen molar-refractivity contribution in [3.8, 4) is 12.3 Å². The van der Waals surface area contributed by atoms with Crippen molar-refractivity contribution in [2.75, 3.05) is 0 Å². The van der Waals surface area contributed by atoms with Crippen LogP contribution in [0.3, 0.4) is 0 Å². The summed E-state index contributed by atoms with van der Waals surface area (Å²) in [6, 6.07) is 2.61. The molecule has 0 saturated heterocycles. The van der Waals surface area contributed by atoms with E-state index in [0.29, 0.717) is 0 Å². The Balaban J connectivity index is 2.00. The Morgan fingerprint density at radius 2 is 2.44 bits per heavy atom. The van der Waals surface area contributed by atoms with Gasteiger partial charge < -0.3 is 0 Å². The van der Waals surface area contributed by atoms with Crippen molar-refractivity contribution >= 4 is 11.3 Å². The van der Waals surface area contributed by atoms with E-state index in [4.69, 9.17) is 12.3 Å². The van der Waals surface area contributed by atoms with E-state index in [1.54, 1.807) is 4.88 Å². The lowest BCUT2D eigenvalue weighted by Crippen LogP contribution is -2.27. The number of unbranched alkanes of at least 4 members (excludes halogenated alkanes) is 1. The van der Waals surface area contributed by atoms with Gasteiger partial charge in [0.1, 0.15) is 0 Å². The lowest BCUT2D eigenvalue weighted by atomic mass is 10.1. The number of rotatable bonds is 5. The average Bonchev–Trinajstić information content (AvgIpc) is 2.84. The Hall–Kier alpha value is -0.820. The molecule has 0 fully saturated rings. The van der Waals surface area contributed by atoms with Gasteiger partial charge in [-0.2, -0.15) is 0 Å². The first-order valence-electron chi connectivity index (χ1n) is 5.86. The van der Waals surface area contributed by atoms with Crippen LogP contribution in [0.5, 0.6) is 0 Å². The van der Waals surface area contributed by atoms with Crippen LogP contribution in [0.1, 0.15) is 47.0 Å². The van der Waals surface area contributed by atoms with Crippen LogP contribution in [0.25, 0.3) is 0 Å². The third-order valence-electron chi connectivity index (χ3n) is 3.12. The molecule has 16 heavy (non-hydrogen) atoms. The SMILES string of the molecule is C#CCCCC(NN)c1cc2c(s1)CCC2. The Kier molecular flexibility index (Phi) is 4.00. The highest BCUT2D eigenvalue weighted by Crippen LogP contribution is 2.34. The van der Waals surface area contributed by atoms with Crippen molar-refractivity contribution in [2.24, 2.45) is 5.84 Å². The highest BCUT2D eigenvalue weighted by molar-refractivity contribution is 7.12. The molecule has 0 spiro atoms.